The van der Waals surface area contributed by atoms with Crippen LogP contribution in [-0.4, -0.2) is 48.5 Å². The van der Waals surface area contributed by atoms with Gasteiger partial charge in [-0.1, -0.05) is 18.6 Å². The number of ether oxygens (including phenoxy) is 2. The molecule has 2 rings (SSSR count). The summed E-state index contributed by atoms with van der Waals surface area (Å²) in [4.78, 5) is 2.39. The number of hydrogen-bond donors (Lipinski definition) is 1. The third-order valence-corrected chi connectivity index (χ3v) is 4.84. The number of likely N-dealkylation sites (tertiary alicyclic amines) is 1. The van der Waals surface area contributed by atoms with Crippen molar-refractivity contribution in [2.75, 3.05) is 20.3 Å². The molecule has 0 aliphatic carbocycles. The van der Waals surface area contributed by atoms with Crippen LogP contribution >= 0.6 is 0 Å². The highest BCUT2D eigenvalue weighted by Gasteiger charge is 2.26. The van der Waals surface area contributed by atoms with Gasteiger partial charge in [0, 0.05) is 18.6 Å². The normalized spacial score (nSPS) is 22.8. The third-order valence-electron chi connectivity index (χ3n) is 4.84. The van der Waals surface area contributed by atoms with Gasteiger partial charge in [-0.3, -0.25) is 4.90 Å². The maximum Gasteiger partial charge on any atom is 0.161 e. The number of β-amino-alcohol motifs (C(OH)–C–C–N with tert-alkyl or cyclic N) is 1. The fourth-order valence-corrected chi connectivity index (χ4v) is 3.44. The second kappa shape index (κ2) is 9.09. The molecule has 1 fully saturated rings. The molecule has 4 heteroatoms. The van der Waals surface area contributed by atoms with Gasteiger partial charge < -0.3 is 14.6 Å². The van der Waals surface area contributed by atoms with Crippen LogP contribution in [0.4, 0.5) is 0 Å². The molecule has 0 unspecified atom stereocenters. The first-order chi connectivity index (χ1) is 11.5. The predicted octanol–water partition coefficient (Wildman–Crippen LogP) is 3.43. The summed E-state index contributed by atoms with van der Waals surface area (Å²) in [6.07, 6.45) is 5.84. The van der Waals surface area contributed by atoms with Crippen LogP contribution in [0.1, 0.15) is 38.7 Å². The highest BCUT2D eigenvalue weighted by molar-refractivity contribution is 5.43. The van der Waals surface area contributed by atoms with Gasteiger partial charge in [0.2, 0.25) is 0 Å². The number of benzene rings is 1. The zero-order valence-electron chi connectivity index (χ0n) is 15.2. The summed E-state index contributed by atoms with van der Waals surface area (Å²) >= 11 is 0. The standard InChI is InChI=1S/C20H31NO3/c1-5-7-17-10-11-19(20(12-17)23-4)24-14-18(22)13-21-15(2)8-6-9-16(21)3/h5,10-12,15-16,18,22H,1,6-9,13-14H2,2-4H3/t15-,16+,18-/m1/s1. The number of rotatable bonds is 8. The average Bonchev–Trinajstić information content (AvgIpc) is 2.57. The molecule has 1 aromatic rings. The Morgan fingerprint density at radius 1 is 1.29 bits per heavy atom. The average molecular weight is 333 g/mol. The Balaban J connectivity index is 1.91. The summed E-state index contributed by atoms with van der Waals surface area (Å²) in [6, 6.07) is 6.90. The second-order valence-electron chi connectivity index (χ2n) is 6.77. The summed E-state index contributed by atoms with van der Waals surface area (Å²) in [7, 11) is 1.63. The lowest BCUT2D eigenvalue weighted by atomic mass is 9.97. The van der Waals surface area contributed by atoms with Crippen molar-refractivity contribution in [3.8, 4) is 11.5 Å². The molecule has 0 bridgehead atoms. The van der Waals surface area contributed by atoms with Crippen LogP contribution in [0.3, 0.4) is 0 Å². The number of methoxy groups -OCH3 is 1. The molecule has 24 heavy (non-hydrogen) atoms. The van der Waals surface area contributed by atoms with Crippen molar-refractivity contribution < 1.29 is 14.6 Å². The van der Waals surface area contributed by atoms with Crippen molar-refractivity contribution in [1.82, 2.24) is 4.90 Å². The van der Waals surface area contributed by atoms with E-state index in [9.17, 15) is 5.11 Å². The molecule has 0 saturated carbocycles. The smallest absolute Gasteiger partial charge is 0.161 e. The second-order valence-corrected chi connectivity index (χ2v) is 6.77. The van der Waals surface area contributed by atoms with Gasteiger partial charge in [0.15, 0.2) is 11.5 Å². The third kappa shape index (κ3) is 4.99. The molecular formula is C20H31NO3. The van der Waals surface area contributed by atoms with E-state index in [0.717, 1.165) is 12.0 Å². The molecule has 1 aliphatic rings. The summed E-state index contributed by atoms with van der Waals surface area (Å²) in [6.45, 7) is 9.16. The molecule has 4 nitrogen and oxygen atoms in total. The lowest BCUT2D eigenvalue weighted by molar-refractivity contribution is 0.0204. The van der Waals surface area contributed by atoms with E-state index in [2.05, 4.69) is 25.3 Å². The van der Waals surface area contributed by atoms with Gasteiger partial charge in [-0.2, -0.15) is 0 Å². The SMILES string of the molecule is C=CCc1ccc(OC[C@H](O)CN2[C@H](C)CCC[C@@H]2C)c(OC)c1. The summed E-state index contributed by atoms with van der Waals surface area (Å²) in [5, 5.41) is 10.4. The van der Waals surface area contributed by atoms with Gasteiger partial charge in [-0.15, -0.1) is 6.58 Å². The van der Waals surface area contributed by atoms with Crippen molar-refractivity contribution in [2.24, 2.45) is 0 Å². The first kappa shape index (κ1) is 18.8. The van der Waals surface area contributed by atoms with Gasteiger partial charge in [0.1, 0.15) is 12.7 Å². The molecule has 0 aromatic heterocycles. The molecular weight excluding hydrogens is 302 g/mol. The van der Waals surface area contributed by atoms with E-state index in [1.54, 1.807) is 7.11 Å². The van der Waals surface area contributed by atoms with Gasteiger partial charge in [-0.25, -0.2) is 0 Å². The quantitative estimate of drug-likeness (QED) is 0.740. The minimum Gasteiger partial charge on any atom is -0.493 e. The van der Waals surface area contributed by atoms with Gasteiger partial charge in [-0.05, 0) is 50.8 Å². The maximum atomic E-state index is 10.4. The fourth-order valence-electron chi connectivity index (χ4n) is 3.44. The number of aliphatic hydroxyl groups excluding tert-OH is 1. The van der Waals surface area contributed by atoms with E-state index < -0.39 is 6.10 Å². The number of piperidine rings is 1. The first-order valence-electron chi connectivity index (χ1n) is 8.89. The Labute approximate surface area is 146 Å². The van der Waals surface area contributed by atoms with Crippen LogP contribution in [0.2, 0.25) is 0 Å². The number of nitrogens with zero attached hydrogens (tertiary/aromatic N) is 1. The van der Waals surface area contributed by atoms with E-state index in [4.69, 9.17) is 9.47 Å². The van der Waals surface area contributed by atoms with Crippen LogP contribution < -0.4 is 9.47 Å². The maximum absolute atomic E-state index is 10.4. The lowest BCUT2D eigenvalue weighted by Crippen LogP contribution is -2.48. The molecule has 1 aliphatic heterocycles. The summed E-state index contributed by atoms with van der Waals surface area (Å²) < 4.78 is 11.2. The Kier molecular flexibility index (Phi) is 7.13. The van der Waals surface area contributed by atoms with Crippen molar-refractivity contribution in [3.63, 3.8) is 0 Å². The molecule has 1 aromatic carbocycles. The Hall–Kier alpha value is -1.52. The molecule has 1 heterocycles. The highest BCUT2D eigenvalue weighted by Crippen LogP contribution is 2.29. The monoisotopic (exact) mass is 333 g/mol. The van der Waals surface area contributed by atoms with Crippen molar-refractivity contribution in [2.45, 2.75) is 57.7 Å². The lowest BCUT2D eigenvalue weighted by Gasteiger charge is -2.40. The molecule has 134 valence electrons. The zero-order chi connectivity index (χ0) is 17.5. The topological polar surface area (TPSA) is 41.9 Å². The fraction of sp³-hybridized carbons (Fsp3) is 0.600. The Morgan fingerprint density at radius 2 is 2.00 bits per heavy atom. The molecule has 1 N–H and O–H groups in total. The van der Waals surface area contributed by atoms with Gasteiger partial charge >= 0.3 is 0 Å². The summed E-state index contributed by atoms with van der Waals surface area (Å²) in [5.74, 6) is 1.37. The van der Waals surface area contributed by atoms with Crippen molar-refractivity contribution in [1.29, 1.82) is 0 Å². The van der Waals surface area contributed by atoms with Crippen LogP contribution in [0.5, 0.6) is 11.5 Å². The highest BCUT2D eigenvalue weighted by atomic mass is 16.5. The predicted molar refractivity (Wildman–Crippen MR) is 97.9 cm³/mol. The molecule has 0 radical (unpaired) electrons. The van der Waals surface area contributed by atoms with E-state index in [-0.39, 0.29) is 6.61 Å². The largest absolute Gasteiger partial charge is 0.493 e. The van der Waals surface area contributed by atoms with Crippen molar-refractivity contribution in [3.05, 3.63) is 36.4 Å². The molecule has 0 amide bonds. The number of hydrogen-bond acceptors (Lipinski definition) is 4. The minimum absolute atomic E-state index is 0.271. The van der Waals surface area contributed by atoms with Crippen LogP contribution in [0.15, 0.2) is 30.9 Å². The van der Waals surface area contributed by atoms with Gasteiger partial charge in [0.25, 0.3) is 0 Å². The van der Waals surface area contributed by atoms with E-state index >= 15 is 0 Å². The zero-order valence-corrected chi connectivity index (χ0v) is 15.2. The van der Waals surface area contributed by atoms with E-state index in [1.807, 2.05) is 24.3 Å². The van der Waals surface area contributed by atoms with Crippen LogP contribution in [0, 0.1) is 0 Å². The number of allylic oxidation sites excluding steroid dienone is 1. The van der Waals surface area contributed by atoms with E-state index in [1.165, 1.54) is 19.3 Å². The summed E-state index contributed by atoms with van der Waals surface area (Å²) in [5.41, 5.74) is 1.13. The van der Waals surface area contributed by atoms with Crippen molar-refractivity contribution >= 4 is 0 Å². The van der Waals surface area contributed by atoms with Crippen LogP contribution in [0.25, 0.3) is 0 Å². The molecule has 1 saturated heterocycles. The van der Waals surface area contributed by atoms with Crippen LogP contribution in [-0.2, 0) is 6.42 Å². The Morgan fingerprint density at radius 3 is 2.62 bits per heavy atom. The molecule has 3 atom stereocenters. The minimum atomic E-state index is -0.509. The first-order valence-corrected chi connectivity index (χ1v) is 8.89. The number of aliphatic hydroxyl groups is 1. The molecule has 0 spiro atoms. The van der Waals surface area contributed by atoms with Gasteiger partial charge in [0.05, 0.1) is 7.11 Å². The Bertz CT molecular complexity index is 522. The van der Waals surface area contributed by atoms with E-state index in [0.29, 0.717) is 30.1 Å².